The third-order valence-electron chi connectivity index (χ3n) is 2.68. The average Bonchev–Trinajstić information content (AvgIpc) is 2.35. The van der Waals surface area contributed by atoms with Crippen molar-refractivity contribution in [3.63, 3.8) is 0 Å². The molecule has 17 heavy (non-hydrogen) atoms. The minimum atomic E-state index is -0.572. The van der Waals surface area contributed by atoms with Crippen molar-refractivity contribution in [2.24, 2.45) is 0 Å². The van der Waals surface area contributed by atoms with Gasteiger partial charge in [-0.1, -0.05) is 36.4 Å². The summed E-state index contributed by atoms with van der Waals surface area (Å²) in [4.78, 5) is 25.2. The van der Waals surface area contributed by atoms with Gasteiger partial charge in [-0.25, -0.2) is 0 Å². The molecule has 1 unspecified atom stereocenters. The summed E-state index contributed by atoms with van der Waals surface area (Å²) in [6, 6.07) is 8.67. The van der Waals surface area contributed by atoms with E-state index in [0.717, 1.165) is 5.56 Å². The predicted octanol–water partition coefficient (Wildman–Crippen LogP) is 0.872. The summed E-state index contributed by atoms with van der Waals surface area (Å²) in [7, 11) is 0. The third-order valence-corrected chi connectivity index (χ3v) is 2.68. The molecule has 1 heterocycles. The molecule has 1 aromatic rings. The maximum absolute atomic E-state index is 12.1. The number of nitrogens with one attached hydrogen (secondary N) is 1. The Kier molecular flexibility index (Phi) is 3.23. The zero-order valence-electron chi connectivity index (χ0n) is 9.43. The van der Waals surface area contributed by atoms with E-state index in [1.165, 1.54) is 4.90 Å². The molecule has 1 fully saturated rings. The van der Waals surface area contributed by atoms with Gasteiger partial charge in [-0.15, -0.1) is 6.58 Å². The zero-order valence-corrected chi connectivity index (χ0v) is 9.43. The SMILES string of the molecule is C=CCN1CC(=O)NC(c2ccccc2)C1=O. The Morgan fingerprint density at radius 1 is 1.35 bits per heavy atom. The van der Waals surface area contributed by atoms with Crippen LogP contribution in [0.1, 0.15) is 11.6 Å². The monoisotopic (exact) mass is 230 g/mol. The van der Waals surface area contributed by atoms with Crippen molar-refractivity contribution < 1.29 is 9.59 Å². The standard InChI is InChI=1S/C13H14N2O2/c1-2-8-15-9-11(16)14-12(13(15)17)10-6-4-3-5-7-10/h2-7,12H,1,8-9H2,(H,14,16). The molecule has 1 aromatic carbocycles. The highest BCUT2D eigenvalue weighted by atomic mass is 16.2. The van der Waals surface area contributed by atoms with E-state index in [1.54, 1.807) is 6.08 Å². The molecule has 2 amide bonds. The van der Waals surface area contributed by atoms with Crippen LogP contribution in [0.5, 0.6) is 0 Å². The largest absolute Gasteiger partial charge is 0.339 e. The van der Waals surface area contributed by atoms with Crippen molar-refractivity contribution in [1.29, 1.82) is 0 Å². The number of carbonyl (C=O) groups is 2. The molecule has 0 saturated carbocycles. The van der Waals surface area contributed by atoms with Crippen LogP contribution in [0.3, 0.4) is 0 Å². The third kappa shape index (κ3) is 2.36. The van der Waals surface area contributed by atoms with Crippen molar-refractivity contribution >= 4 is 11.8 Å². The predicted molar refractivity (Wildman–Crippen MR) is 64.1 cm³/mol. The average molecular weight is 230 g/mol. The van der Waals surface area contributed by atoms with E-state index >= 15 is 0 Å². The maximum Gasteiger partial charge on any atom is 0.250 e. The molecule has 0 radical (unpaired) electrons. The Morgan fingerprint density at radius 3 is 2.71 bits per heavy atom. The number of rotatable bonds is 3. The normalized spacial score (nSPS) is 20.0. The van der Waals surface area contributed by atoms with E-state index in [9.17, 15) is 9.59 Å². The summed E-state index contributed by atoms with van der Waals surface area (Å²) in [6.45, 7) is 4.09. The minimum absolute atomic E-state index is 0.0873. The van der Waals surface area contributed by atoms with Gasteiger partial charge in [-0.3, -0.25) is 9.59 Å². The quantitative estimate of drug-likeness (QED) is 0.783. The van der Waals surface area contributed by atoms with Crippen molar-refractivity contribution in [1.82, 2.24) is 10.2 Å². The summed E-state index contributed by atoms with van der Waals surface area (Å²) in [5, 5.41) is 2.71. The molecule has 88 valence electrons. The molecule has 1 aliphatic heterocycles. The fraction of sp³-hybridized carbons (Fsp3) is 0.231. The van der Waals surface area contributed by atoms with Gasteiger partial charge in [0.1, 0.15) is 6.04 Å². The Bertz CT molecular complexity index is 442. The fourth-order valence-electron chi connectivity index (χ4n) is 1.88. The Labute approximate surface area is 99.9 Å². The molecule has 4 heteroatoms. The van der Waals surface area contributed by atoms with Crippen LogP contribution in [0.2, 0.25) is 0 Å². The van der Waals surface area contributed by atoms with E-state index < -0.39 is 6.04 Å². The molecule has 0 aromatic heterocycles. The number of benzene rings is 1. The van der Waals surface area contributed by atoms with E-state index in [-0.39, 0.29) is 18.4 Å². The molecule has 4 nitrogen and oxygen atoms in total. The van der Waals surface area contributed by atoms with Crippen LogP contribution in [0.4, 0.5) is 0 Å². The van der Waals surface area contributed by atoms with Gasteiger partial charge in [0, 0.05) is 6.54 Å². The molecular formula is C13H14N2O2. The van der Waals surface area contributed by atoms with Gasteiger partial charge in [0.15, 0.2) is 0 Å². The van der Waals surface area contributed by atoms with Crippen LogP contribution in [0.15, 0.2) is 43.0 Å². The van der Waals surface area contributed by atoms with E-state index in [2.05, 4.69) is 11.9 Å². The van der Waals surface area contributed by atoms with Crippen molar-refractivity contribution in [2.75, 3.05) is 13.1 Å². The van der Waals surface area contributed by atoms with Gasteiger partial charge in [0.2, 0.25) is 5.91 Å². The van der Waals surface area contributed by atoms with Crippen molar-refractivity contribution in [2.45, 2.75) is 6.04 Å². The van der Waals surface area contributed by atoms with Crippen molar-refractivity contribution in [3.05, 3.63) is 48.6 Å². The van der Waals surface area contributed by atoms with Gasteiger partial charge >= 0.3 is 0 Å². The summed E-state index contributed by atoms with van der Waals surface area (Å²) in [5.41, 5.74) is 0.805. The fourth-order valence-corrected chi connectivity index (χ4v) is 1.88. The molecule has 1 N–H and O–H groups in total. The van der Waals surface area contributed by atoms with Crippen LogP contribution in [0.25, 0.3) is 0 Å². The Balaban J connectivity index is 2.24. The number of carbonyl (C=O) groups excluding carboxylic acids is 2. The lowest BCUT2D eigenvalue weighted by Crippen LogP contribution is -2.53. The highest BCUT2D eigenvalue weighted by Crippen LogP contribution is 2.18. The first-order chi connectivity index (χ1) is 8.22. The molecule has 1 saturated heterocycles. The molecule has 2 rings (SSSR count). The van der Waals surface area contributed by atoms with Gasteiger partial charge in [-0.2, -0.15) is 0 Å². The molecule has 0 spiro atoms. The Morgan fingerprint density at radius 2 is 2.06 bits per heavy atom. The number of piperazine rings is 1. The lowest BCUT2D eigenvalue weighted by atomic mass is 10.0. The smallest absolute Gasteiger partial charge is 0.250 e. The molecule has 1 aliphatic rings. The first-order valence-electron chi connectivity index (χ1n) is 5.46. The summed E-state index contributed by atoms with van der Waals surface area (Å²) in [6.07, 6.45) is 1.62. The zero-order chi connectivity index (χ0) is 12.3. The highest BCUT2D eigenvalue weighted by molar-refractivity contribution is 5.95. The van der Waals surface area contributed by atoms with Crippen LogP contribution in [0, 0.1) is 0 Å². The molecular weight excluding hydrogens is 216 g/mol. The topological polar surface area (TPSA) is 49.4 Å². The maximum atomic E-state index is 12.1. The van der Waals surface area contributed by atoms with E-state index in [1.807, 2.05) is 30.3 Å². The second-order valence-corrected chi connectivity index (χ2v) is 3.92. The van der Waals surface area contributed by atoms with E-state index in [0.29, 0.717) is 6.54 Å². The Hall–Kier alpha value is -2.10. The second kappa shape index (κ2) is 4.82. The summed E-state index contributed by atoms with van der Waals surface area (Å²) < 4.78 is 0. The number of hydrogen-bond acceptors (Lipinski definition) is 2. The van der Waals surface area contributed by atoms with Crippen LogP contribution < -0.4 is 5.32 Å². The van der Waals surface area contributed by atoms with Crippen molar-refractivity contribution in [3.8, 4) is 0 Å². The van der Waals surface area contributed by atoms with Gasteiger partial charge in [0.25, 0.3) is 5.91 Å². The number of amides is 2. The van der Waals surface area contributed by atoms with Crippen LogP contribution in [-0.2, 0) is 9.59 Å². The van der Waals surface area contributed by atoms with Gasteiger partial charge < -0.3 is 10.2 Å². The second-order valence-electron chi connectivity index (χ2n) is 3.92. The molecule has 0 bridgehead atoms. The molecule has 0 aliphatic carbocycles. The molecule has 1 atom stereocenters. The lowest BCUT2D eigenvalue weighted by molar-refractivity contribution is -0.143. The highest BCUT2D eigenvalue weighted by Gasteiger charge is 2.32. The minimum Gasteiger partial charge on any atom is -0.339 e. The van der Waals surface area contributed by atoms with Gasteiger partial charge in [-0.05, 0) is 5.56 Å². The first-order valence-corrected chi connectivity index (χ1v) is 5.46. The summed E-state index contributed by atoms with van der Waals surface area (Å²) >= 11 is 0. The van der Waals surface area contributed by atoms with Crippen LogP contribution in [-0.4, -0.2) is 29.8 Å². The number of hydrogen-bond donors (Lipinski definition) is 1. The number of nitrogens with zero attached hydrogens (tertiary/aromatic N) is 1. The van der Waals surface area contributed by atoms with E-state index in [4.69, 9.17) is 0 Å². The van der Waals surface area contributed by atoms with Gasteiger partial charge in [0.05, 0.1) is 6.54 Å². The first kappa shape index (κ1) is 11.4. The summed E-state index contributed by atoms with van der Waals surface area (Å²) in [5.74, 6) is -0.226. The lowest BCUT2D eigenvalue weighted by Gasteiger charge is -2.32. The van der Waals surface area contributed by atoms with Crippen LogP contribution >= 0.6 is 0 Å².